The molecule has 2 aliphatic rings. The lowest BCUT2D eigenvalue weighted by Gasteiger charge is -2.32. The van der Waals surface area contributed by atoms with E-state index in [2.05, 4.69) is 11.4 Å². The molecule has 1 aliphatic carbocycles. The predicted molar refractivity (Wildman–Crippen MR) is 89.5 cm³/mol. The Kier molecular flexibility index (Phi) is 5.51. The van der Waals surface area contributed by atoms with Crippen molar-refractivity contribution in [1.82, 2.24) is 4.90 Å². The first-order valence-electron chi connectivity index (χ1n) is 7.90. The van der Waals surface area contributed by atoms with Crippen molar-refractivity contribution in [2.24, 2.45) is 0 Å². The standard InChI is InChI=1S/C17H24N2O.ClH/c1-19(13-7-3-2-4-8-13)17(20)15-9-5-11-16-14(15)10-6-12-18-16;/h5,9,11,13,18H,2-4,6-8,10,12H2,1H3;1H. The van der Waals surface area contributed by atoms with E-state index in [1.807, 2.05) is 24.1 Å². The van der Waals surface area contributed by atoms with Gasteiger partial charge in [-0.1, -0.05) is 25.3 Å². The van der Waals surface area contributed by atoms with Gasteiger partial charge >= 0.3 is 0 Å². The Labute approximate surface area is 133 Å². The topological polar surface area (TPSA) is 32.3 Å². The van der Waals surface area contributed by atoms with Crippen molar-refractivity contribution >= 4 is 24.0 Å². The lowest BCUT2D eigenvalue weighted by Crippen LogP contribution is -2.38. The number of benzene rings is 1. The number of anilines is 1. The molecule has 1 aromatic rings. The third-order valence-corrected chi connectivity index (χ3v) is 4.77. The van der Waals surface area contributed by atoms with E-state index in [0.29, 0.717) is 6.04 Å². The van der Waals surface area contributed by atoms with Crippen molar-refractivity contribution in [3.8, 4) is 0 Å². The number of hydrogen-bond acceptors (Lipinski definition) is 2. The fourth-order valence-electron chi connectivity index (χ4n) is 3.53. The molecule has 21 heavy (non-hydrogen) atoms. The molecule has 1 amide bonds. The number of halogens is 1. The number of carbonyl (C=O) groups excluding carboxylic acids is 1. The number of fused-ring (bicyclic) bond motifs is 1. The molecule has 0 spiro atoms. The summed E-state index contributed by atoms with van der Waals surface area (Å²) < 4.78 is 0. The number of rotatable bonds is 2. The maximum absolute atomic E-state index is 12.8. The number of hydrogen-bond donors (Lipinski definition) is 1. The first-order valence-corrected chi connectivity index (χ1v) is 7.90. The Hall–Kier alpha value is -1.22. The second kappa shape index (κ2) is 7.17. The van der Waals surface area contributed by atoms with Gasteiger partial charge in [0.15, 0.2) is 0 Å². The van der Waals surface area contributed by atoms with E-state index in [4.69, 9.17) is 0 Å². The zero-order chi connectivity index (χ0) is 13.9. The van der Waals surface area contributed by atoms with E-state index in [0.717, 1.165) is 43.5 Å². The van der Waals surface area contributed by atoms with E-state index in [1.54, 1.807) is 0 Å². The third-order valence-electron chi connectivity index (χ3n) is 4.77. The lowest BCUT2D eigenvalue weighted by molar-refractivity contribution is 0.0695. The van der Waals surface area contributed by atoms with Crippen molar-refractivity contribution in [2.45, 2.75) is 51.0 Å². The minimum atomic E-state index is 0. The summed E-state index contributed by atoms with van der Waals surface area (Å²) >= 11 is 0. The van der Waals surface area contributed by atoms with Gasteiger partial charge in [-0.25, -0.2) is 0 Å². The third kappa shape index (κ3) is 3.34. The molecule has 4 heteroatoms. The molecule has 0 unspecified atom stereocenters. The predicted octanol–water partition coefficient (Wildman–Crippen LogP) is 3.87. The molecule has 1 heterocycles. The highest BCUT2D eigenvalue weighted by atomic mass is 35.5. The second-order valence-corrected chi connectivity index (χ2v) is 6.07. The molecule has 1 aliphatic heterocycles. The summed E-state index contributed by atoms with van der Waals surface area (Å²) in [5.74, 6) is 0.206. The minimum Gasteiger partial charge on any atom is -0.385 e. The average Bonchev–Trinajstić information content (AvgIpc) is 2.54. The van der Waals surface area contributed by atoms with E-state index in [-0.39, 0.29) is 18.3 Å². The number of carbonyl (C=O) groups is 1. The molecule has 1 saturated carbocycles. The molecule has 0 radical (unpaired) electrons. The fourth-order valence-corrected chi connectivity index (χ4v) is 3.53. The van der Waals surface area contributed by atoms with Crippen LogP contribution in [0.1, 0.15) is 54.4 Å². The molecule has 0 aromatic heterocycles. The summed E-state index contributed by atoms with van der Waals surface area (Å²) in [4.78, 5) is 14.8. The summed E-state index contributed by atoms with van der Waals surface area (Å²) in [6.45, 7) is 1.02. The largest absolute Gasteiger partial charge is 0.385 e. The minimum absolute atomic E-state index is 0. The van der Waals surface area contributed by atoms with Crippen LogP contribution in [0.25, 0.3) is 0 Å². The Morgan fingerprint density at radius 2 is 1.95 bits per heavy atom. The van der Waals surface area contributed by atoms with E-state index >= 15 is 0 Å². The highest BCUT2D eigenvalue weighted by Crippen LogP contribution is 2.28. The van der Waals surface area contributed by atoms with Crippen molar-refractivity contribution in [3.63, 3.8) is 0 Å². The normalized spacial score (nSPS) is 18.1. The molecule has 3 rings (SSSR count). The Bertz CT molecular complexity index is 498. The highest BCUT2D eigenvalue weighted by molar-refractivity contribution is 5.97. The van der Waals surface area contributed by atoms with Gasteiger partial charge in [-0.3, -0.25) is 4.79 Å². The first-order chi connectivity index (χ1) is 9.77. The summed E-state index contributed by atoms with van der Waals surface area (Å²) in [6.07, 6.45) is 8.30. The maximum atomic E-state index is 12.8. The van der Waals surface area contributed by atoms with E-state index < -0.39 is 0 Å². The molecular formula is C17H25ClN2O. The van der Waals surface area contributed by atoms with Gasteiger partial charge in [-0.05, 0) is 43.4 Å². The number of nitrogens with one attached hydrogen (secondary N) is 1. The van der Waals surface area contributed by atoms with Gasteiger partial charge in [0.1, 0.15) is 0 Å². The van der Waals surface area contributed by atoms with Crippen LogP contribution < -0.4 is 5.32 Å². The van der Waals surface area contributed by atoms with Gasteiger partial charge in [0.2, 0.25) is 0 Å². The van der Waals surface area contributed by atoms with Crippen LogP contribution in [0.2, 0.25) is 0 Å². The molecule has 0 atom stereocenters. The van der Waals surface area contributed by atoms with Crippen LogP contribution in [0.15, 0.2) is 18.2 Å². The van der Waals surface area contributed by atoms with Gasteiger partial charge in [-0.15, -0.1) is 12.4 Å². The lowest BCUT2D eigenvalue weighted by atomic mass is 9.92. The van der Waals surface area contributed by atoms with Crippen molar-refractivity contribution in [3.05, 3.63) is 29.3 Å². The molecule has 1 fully saturated rings. The second-order valence-electron chi connectivity index (χ2n) is 6.07. The molecular weight excluding hydrogens is 284 g/mol. The van der Waals surface area contributed by atoms with Crippen LogP contribution in [0.4, 0.5) is 5.69 Å². The summed E-state index contributed by atoms with van der Waals surface area (Å²) in [5, 5.41) is 3.41. The van der Waals surface area contributed by atoms with Crippen LogP contribution in [0.3, 0.4) is 0 Å². The summed E-state index contributed by atoms with van der Waals surface area (Å²) in [5.41, 5.74) is 3.27. The van der Waals surface area contributed by atoms with Crippen LogP contribution in [-0.4, -0.2) is 30.4 Å². The number of nitrogens with zero attached hydrogens (tertiary/aromatic N) is 1. The zero-order valence-corrected chi connectivity index (χ0v) is 13.5. The highest BCUT2D eigenvalue weighted by Gasteiger charge is 2.25. The molecule has 116 valence electrons. The quantitative estimate of drug-likeness (QED) is 0.899. The van der Waals surface area contributed by atoms with Gasteiger partial charge in [0.05, 0.1) is 0 Å². The van der Waals surface area contributed by atoms with Gasteiger partial charge in [-0.2, -0.15) is 0 Å². The molecule has 0 saturated heterocycles. The van der Waals surface area contributed by atoms with E-state index in [1.165, 1.54) is 24.8 Å². The summed E-state index contributed by atoms with van der Waals surface area (Å²) in [6, 6.07) is 6.52. The van der Waals surface area contributed by atoms with Crippen LogP contribution >= 0.6 is 12.4 Å². The smallest absolute Gasteiger partial charge is 0.254 e. The Balaban J connectivity index is 0.00000161. The molecule has 1 aromatic carbocycles. The zero-order valence-electron chi connectivity index (χ0n) is 12.7. The monoisotopic (exact) mass is 308 g/mol. The Morgan fingerprint density at radius 1 is 1.19 bits per heavy atom. The molecule has 3 nitrogen and oxygen atoms in total. The maximum Gasteiger partial charge on any atom is 0.254 e. The van der Waals surface area contributed by atoms with Crippen molar-refractivity contribution in [2.75, 3.05) is 18.9 Å². The van der Waals surface area contributed by atoms with Crippen LogP contribution in [0.5, 0.6) is 0 Å². The molecule has 0 bridgehead atoms. The summed E-state index contributed by atoms with van der Waals surface area (Å²) in [7, 11) is 1.98. The number of amides is 1. The van der Waals surface area contributed by atoms with Gasteiger partial charge < -0.3 is 10.2 Å². The van der Waals surface area contributed by atoms with Crippen LogP contribution in [0, 0.1) is 0 Å². The Morgan fingerprint density at radius 3 is 2.71 bits per heavy atom. The SMILES string of the molecule is CN(C(=O)c1cccc2c1CCCN2)C1CCCCC1.Cl. The first kappa shape index (κ1) is 16.2. The van der Waals surface area contributed by atoms with E-state index in [9.17, 15) is 4.79 Å². The molecule has 1 N–H and O–H groups in total. The van der Waals surface area contributed by atoms with Crippen LogP contribution in [-0.2, 0) is 6.42 Å². The fraction of sp³-hybridized carbons (Fsp3) is 0.588. The van der Waals surface area contributed by atoms with Crippen molar-refractivity contribution in [1.29, 1.82) is 0 Å². The average molecular weight is 309 g/mol. The van der Waals surface area contributed by atoms with Crippen molar-refractivity contribution < 1.29 is 4.79 Å². The van der Waals surface area contributed by atoms with Gasteiger partial charge in [0.25, 0.3) is 5.91 Å². The van der Waals surface area contributed by atoms with Gasteiger partial charge in [0, 0.05) is 30.9 Å².